The summed E-state index contributed by atoms with van der Waals surface area (Å²) in [6, 6.07) is 9.49. The molecule has 0 aliphatic carbocycles. The molecule has 18 heavy (non-hydrogen) atoms. The molecule has 0 spiro atoms. The minimum atomic E-state index is 0.691. The molecule has 0 aliphatic heterocycles. The average Bonchev–Trinajstić information content (AvgIpc) is 2.77. The monoisotopic (exact) mass is 263 g/mol. The topological polar surface area (TPSA) is 64.9 Å². The maximum atomic E-state index is 5.49. The molecule has 4 heteroatoms. The Balaban J connectivity index is 0.000000199. The molecule has 0 unspecified atom stereocenters. The zero-order valence-electron chi connectivity index (χ0n) is 10.8. The van der Waals surface area contributed by atoms with Gasteiger partial charge in [0.15, 0.2) is 5.13 Å². The third-order valence-corrected chi connectivity index (χ3v) is 3.28. The number of nitrogens with two attached hydrogens (primary N) is 2. The highest BCUT2D eigenvalue weighted by Crippen LogP contribution is 2.16. The van der Waals surface area contributed by atoms with Crippen molar-refractivity contribution in [3.8, 4) is 0 Å². The number of aryl methyl sites for hydroxylation is 1. The quantitative estimate of drug-likeness (QED) is 0.652. The van der Waals surface area contributed by atoms with Crippen LogP contribution in [0.5, 0.6) is 0 Å². The maximum absolute atomic E-state index is 5.49. The number of anilines is 2. The third-order valence-electron chi connectivity index (χ3n) is 2.40. The highest BCUT2D eigenvalue weighted by Gasteiger charge is 1.96. The van der Waals surface area contributed by atoms with E-state index in [-0.39, 0.29) is 0 Å². The van der Waals surface area contributed by atoms with Gasteiger partial charge in [-0.2, -0.15) is 0 Å². The lowest BCUT2D eigenvalue weighted by Crippen LogP contribution is -1.79. The zero-order chi connectivity index (χ0) is 13.2. The summed E-state index contributed by atoms with van der Waals surface area (Å²) in [7, 11) is 0. The van der Waals surface area contributed by atoms with Gasteiger partial charge in [0.05, 0.1) is 0 Å². The highest BCUT2D eigenvalue weighted by atomic mass is 32.1. The van der Waals surface area contributed by atoms with E-state index >= 15 is 0 Å². The van der Waals surface area contributed by atoms with Crippen molar-refractivity contribution < 1.29 is 0 Å². The van der Waals surface area contributed by atoms with Crippen LogP contribution in [0.2, 0.25) is 0 Å². The van der Waals surface area contributed by atoms with Crippen LogP contribution in [0.15, 0.2) is 36.5 Å². The smallest absolute Gasteiger partial charge is 0.180 e. The maximum Gasteiger partial charge on any atom is 0.180 e. The molecule has 2 aromatic rings. The van der Waals surface area contributed by atoms with E-state index in [2.05, 4.69) is 11.9 Å². The fourth-order valence-corrected chi connectivity index (χ4v) is 2.17. The number of nitrogen functional groups attached to an aromatic ring is 2. The van der Waals surface area contributed by atoms with Gasteiger partial charge in [-0.05, 0) is 25.0 Å². The standard InChI is InChI=1S/C8H14N2S.C6H7N/c1-2-3-4-5-7-6-10-8(9)11-7;7-6-4-2-1-3-5-6/h6H,2-5H2,1H3,(H2,9,10);1-5H,7H2. The van der Waals surface area contributed by atoms with Crippen LogP contribution < -0.4 is 11.5 Å². The largest absolute Gasteiger partial charge is 0.399 e. The van der Waals surface area contributed by atoms with Crippen molar-refractivity contribution in [1.82, 2.24) is 4.98 Å². The van der Waals surface area contributed by atoms with Crippen LogP contribution in [0.1, 0.15) is 31.1 Å². The molecule has 0 amide bonds. The second-order valence-corrected chi connectivity index (χ2v) is 5.18. The number of hydrogen-bond donors (Lipinski definition) is 2. The van der Waals surface area contributed by atoms with Crippen molar-refractivity contribution in [2.75, 3.05) is 11.5 Å². The number of unbranched alkanes of at least 4 members (excludes halogenated alkanes) is 2. The van der Waals surface area contributed by atoms with Gasteiger partial charge in [0.25, 0.3) is 0 Å². The van der Waals surface area contributed by atoms with E-state index in [1.165, 1.54) is 24.1 Å². The number of para-hydroxylation sites is 1. The van der Waals surface area contributed by atoms with E-state index < -0.39 is 0 Å². The molecule has 0 radical (unpaired) electrons. The summed E-state index contributed by atoms with van der Waals surface area (Å²) >= 11 is 1.60. The van der Waals surface area contributed by atoms with E-state index in [1.807, 2.05) is 36.5 Å². The lowest BCUT2D eigenvalue weighted by atomic mass is 10.2. The van der Waals surface area contributed by atoms with Crippen molar-refractivity contribution in [3.05, 3.63) is 41.4 Å². The Morgan fingerprint density at radius 1 is 1.11 bits per heavy atom. The number of benzene rings is 1. The first kappa shape index (κ1) is 14.5. The van der Waals surface area contributed by atoms with E-state index in [1.54, 1.807) is 11.3 Å². The van der Waals surface area contributed by atoms with Crippen LogP contribution >= 0.6 is 11.3 Å². The van der Waals surface area contributed by atoms with Crippen LogP contribution in [-0.2, 0) is 6.42 Å². The summed E-state index contributed by atoms with van der Waals surface area (Å²) in [4.78, 5) is 5.31. The van der Waals surface area contributed by atoms with Gasteiger partial charge in [0.2, 0.25) is 0 Å². The Kier molecular flexibility index (Phi) is 6.87. The molecule has 0 aliphatic rings. The van der Waals surface area contributed by atoms with Gasteiger partial charge in [-0.15, -0.1) is 11.3 Å². The summed E-state index contributed by atoms with van der Waals surface area (Å²) in [5, 5.41) is 0.691. The summed E-state index contributed by atoms with van der Waals surface area (Å²) in [5.74, 6) is 0. The number of thiazole rings is 1. The van der Waals surface area contributed by atoms with E-state index in [0.717, 1.165) is 12.1 Å². The molecule has 1 heterocycles. The zero-order valence-corrected chi connectivity index (χ0v) is 11.6. The van der Waals surface area contributed by atoms with Crippen molar-refractivity contribution in [3.63, 3.8) is 0 Å². The third kappa shape index (κ3) is 6.25. The predicted molar refractivity (Wildman–Crippen MR) is 80.6 cm³/mol. The average molecular weight is 263 g/mol. The molecule has 0 bridgehead atoms. The Morgan fingerprint density at radius 3 is 2.28 bits per heavy atom. The normalized spacial score (nSPS) is 9.61. The molecule has 3 nitrogen and oxygen atoms in total. The Bertz CT molecular complexity index is 426. The van der Waals surface area contributed by atoms with Crippen LogP contribution in [0.25, 0.3) is 0 Å². The molecule has 0 atom stereocenters. The summed E-state index contributed by atoms with van der Waals surface area (Å²) in [6.45, 7) is 2.21. The minimum absolute atomic E-state index is 0.691. The predicted octanol–water partition coefficient (Wildman–Crippen LogP) is 3.73. The first-order valence-corrected chi connectivity index (χ1v) is 7.04. The first-order valence-electron chi connectivity index (χ1n) is 6.23. The van der Waals surface area contributed by atoms with Gasteiger partial charge in [0.1, 0.15) is 0 Å². The van der Waals surface area contributed by atoms with Gasteiger partial charge in [-0.25, -0.2) is 4.98 Å². The summed E-state index contributed by atoms with van der Waals surface area (Å²) in [5.41, 5.74) is 11.7. The number of nitrogens with zero attached hydrogens (tertiary/aromatic N) is 1. The van der Waals surface area contributed by atoms with E-state index in [4.69, 9.17) is 11.5 Å². The SMILES string of the molecule is CCCCCc1cnc(N)s1.Nc1ccccc1. The van der Waals surface area contributed by atoms with Crippen LogP contribution in [0.4, 0.5) is 10.8 Å². The van der Waals surface area contributed by atoms with Crippen LogP contribution in [-0.4, -0.2) is 4.98 Å². The second kappa shape index (κ2) is 8.53. The van der Waals surface area contributed by atoms with E-state index in [9.17, 15) is 0 Å². The lowest BCUT2D eigenvalue weighted by molar-refractivity contribution is 0.722. The van der Waals surface area contributed by atoms with Gasteiger partial charge in [0, 0.05) is 16.8 Å². The van der Waals surface area contributed by atoms with Crippen LogP contribution in [0, 0.1) is 0 Å². The van der Waals surface area contributed by atoms with Gasteiger partial charge < -0.3 is 11.5 Å². The summed E-state index contributed by atoms with van der Waals surface area (Å²) in [6.07, 6.45) is 6.86. The van der Waals surface area contributed by atoms with Crippen molar-refractivity contribution in [2.24, 2.45) is 0 Å². The fourth-order valence-electron chi connectivity index (χ4n) is 1.44. The second-order valence-electron chi connectivity index (χ2n) is 4.03. The molecular weight excluding hydrogens is 242 g/mol. The minimum Gasteiger partial charge on any atom is -0.399 e. The fraction of sp³-hybridized carbons (Fsp3) is 0.357. The molecule has 1 aromatic heterocycles. The highest BCUT2D eigenvalue weighted by molar-refractivity contribution is 7.15. The molecular formula is C14H21N3S. The number of aromatic nitrogens is 1. The Hall–Kier alpha value is -1.55. The number of rotatable bonds is 4. The van der Waals surface area contributed by atoms with Crippen LogP contribution in [0.3, 0.4) is 0 Å². The van der Waals surface area contributed by atoms with E-state index in [0.29, 0.717) is 5.13 Å². The number of hydrogen-bond acceptors (Lipinski definition) is 4. The molecule has 98 valence electrons. The molecule has 0 fully saturated rings. The Labute approximate surface area is 113 Å². The van der Waals surface area contributed by atoms with Gasteiger partial charge in [-0.1, -0.05) is 38.0 Å². The molecule has 0 saturated heterocycles. The molecule has 1 aromatic carbocycles. The van der Waals surface area contributed by atoms with Crippen molar-refractivity contribution in [1.29, 1.82) is 0 Å². The lowest BCUT2D eigenvalue weighted by Gasteiger charge is -1.92. The van der Waals surface area contributed by atoms with Crippen molar-refractivity contribution in [2.45, 2.75) is 32.6 Å². The molecule has 4 N–H and O–H groups in total. The van der Waals surface area contributed by atoms with Gasteiger partial charge >= 0.3 is 0 Å². The molecule has 2 rings (SSSR count). The Morgan fingerprint density at radius 2 is 1.83 bits per heavy atom. The molecule has 0 saturated carbocycles. The summed E-state index contributed by atoms with van der Waals surface area (Å²) < 4.78 is 0. The first-order chi connectivity index (χ1) is 8.72. The van der Waals surface area contributed by atoms with Crippen molar-refractivity contribution >= 4 is 22.2 Å². The van der Waals surface area contributed by atoms with Gasteiger partial charge in [-0.3, -0.25) is 0 Å².